The summed E-state index contributed by atoms with van der Waals surface area (Å²) in [4.78, 5) is 0.274. The van der Waals surface area contributed by atoms with E-state index in [1.54, 1.807) is 18.2 Å². The smallest absolute Gasteiger partial charge is 0.192 e. The number of fused-ring (bicyclic) bond motifs is 1. The normalized spacial score (nSPS) is 11.8. The Balaban J connectivity index is 2.67. The Kier molecular flexibility index (Phi) is 2.67. The number of alkyl halides is 1. The molecule has 15 heavy (non-hydrogen) atoms. The standard InChI is InChI=1S/C11H9ClO2S/c12-8-15(13,14)11-6-5-9-3-1-2-4-10(9)7-11/h1-7H,8H2. The summed E-state index contributed by atoms with van der Waals surface area (Å²) in [6, 6.07) is 12.6. The average Bonchev–Trinajstić information content (AvgIpc) is 2.28. The van der Waals surface area contributed by atoms with E-state index in [1.807, 2.05) is 24.3 Å². The molecule has 78 valence electrons. The molecule has 2 rings (SSSR count). The molecule has 0 aromatic heterocycles. The van der Waals surface area contributed by atoms with Gasteiger partial charge in [0.1, 0.15) is 5.21 Å². The van der Waals surface area contributed by atoms with Crippen LogP contribution in [0, 0.1) is 0 Å². The molecule has 0 bridgehead atoms. The fraction of sp³-hybridized carbons (Fsp3) is 0.0909. The lowest BCUT2D eigenvalue weighted by molar-refractivity contribution is 0.600. The molecule has 2 aromatic rings. The summed E-state index contributed by atoms with van der Waals surface area (Å²) in [7, 11) is -3.32. The maximum absolute atomic E-state index is 11.5. The maximum Gasteiger partial charge on any atom is 0.192 e. The molecule has 0 heterocycles. The van der Waals surface area contributed by atoms with Gasteiger partial charge in [-0.15, -0.1) is 11.6 Å². The molecule has 0 N–H and O–H groups in total. The maximum atomic E-state index is 11.5. The van der Waals surface area contributed by atoms with E-state index in [0.717, 1.165) is 10.8 Å². The SMILES string of the molecule is O=S(=O)(CCl)c1ccc2ccccc2c1. The third kappa shape index (κ3) is 1.98. The minimum atomic E-state index is -3.32. The highest BCUT2D eigenvalue weighted by Gasteiger charge is 2.12. The van der Waals surface area contributed by atoms with Crippen molar-refractivity contribution in [1.82, 2.24) is 0 Å². The molecule has 0 amide bonds. The number of halogens is 1. The van der Waals surface area contributed by atoms with Crippen molar-refractivity contribution in [3.05, 3.63) is 42.5 Å². The van der Waals surface area contributed by atoms with Crippen molar-refractivity contribution in [3.8, 4) is 0 Å². The molecule has 2 nitrogen and oxygen atoms in total. The molecular weight excluding hydrogens is 232 g/mol. The first-order valence-electron chi connectivity index (χ1n) is 4.41. The van der Waals surface area contributed by atoms with Gasteiger partial charge in [0.25, 0.3) is 0 Å². The monoisotopic (exact) mass is 240 g/mol. The van der Waals surface area contributed by atoms with Crippen LogP contribution in [-0.4, -0.2) is 13.6 Å². The lowest BCUT2D eigenvalue weighted by Crippen LogP contribution is -2.01. The van der Waals surface area contributed by atoms with Crippen molar-refractivity contribution in [1.29, 1.82) is 0 Å². The average molecular weight is 241 g/mol. The highest BCUT2D eigenvalue weighted by atomic mass is 35.5. The predicted octanol–water partition coefficient (Wildman–Crippen LogP) is 2.81. The molecule has 4 heteroatoms. The van der Waals surface area contributed by atoms with E-state index in [4.69, 9.17) is 11.6 Å². The van der Waals surface area contributed by atoms with Gasteiger partial charge in [0.2, 0.25) is 0 Å². The van der Waals surface area contributed by atoms with Gasteiger partial charge in [-0.2, -0.15) is 0 Å². The largest absolute Gasteiger partial charge is 0.222 e. The Morgan fingerprint density at radius 1 is 1.00 bits per heavy atom. The Morgan fingerprint density at radius 2 is 1.67 bits per heavy atom. The fourth-order valence-corrected chi connectivity index (χ4v) is 2.51. The lowest BCUT2D eigenvalue weighted by atomic mass is 10.1. The van der Waals surface area contributed by atoms with Crippen LogP contribution in [0.3, 0.4) is 0 Å². The molecule has 0 atom stereocenters. The van der Waals surface area contributed by atoms with Gasteiger partial charge in [-0.3, -0.25) is 0 Å². The molecular formula is C11H9ClO2S. The summed E-state index contributed by atoms with van der Waals surface area (Å²) >= 11 is 5.39. The van der Waals surface area contributed by atoms with Crippen LogP contribution < -0.4 is 0 Å². The highest BCUT2D eigenvalue weighted by Crippen LogP contribution is 2.20. The van der Waals surface area contributed by atoms with Gasteiger partial charge in [-0.05, 0) is 22.9 Å². The Bertz CT molecular complexity index is 590. The summed E-state index contributed by atoms with van der Waals surface area (Å²) in [6.45, 7) is 0. The van der Waals surface area contributed by atoms with Crippen molar-refractivity contribution in [2.75, 3.05) is 5.21 Å². The van der Waals surface area contributed by atoms with E-state index < -0.39 is 9.84 Å². The van der Waals surface area contributed by atoms with Gasteiger partial charge in [-0.25, -0.2) is 8.42 Å². The minimum Gasteiger partial charge on any atom is -0.222 e. The second-order valence-electron chi connectivity index (χ2n) is 3.23. The van der Waals surface area contributed by atoms with E-state index in [-0.39, 0.29) is 10.1 Å². The molecule has 0 saturated heterocycles. The summed E-state index contributed by atoms with van der Waals surface area (Å²) < 4.78 is 23.0. The molecule has 0 unspecified atom stereocenters. The van der Waals surface area contributed by atoms with Crippen LogP contribution in [0.2, 0.25) is 0 Å². The van der Waals surface area contributed by atoms with Gasteiger partial charge in [-0.1, -0.05) is 30.3 Å². The molecule has 0 spiro atoms. The second-order valence-corrected chi connectivity index (χ2v) is 5.81. The van der Waals surface area contributed by atoms with Gasteiger partial charge < -0.3 is 0 Å². The van der Waals surface area contributed by atoms with Crippen molar-refractivity contribution >= 4 is 32.2 Å². The van der Waals surface area contributed by atoms with Crippen molar-refractivity contribution in [3.63, 3.8) is 0 Å². The number of benzene rings is 2. The molecule has 0 saturated carbocycles. The summed E-state index contributed by atoms with van der Waals surface area (Å²) in [6.07, 6.45) is 0. The molecule has 0 aliphatic carbocycles. The summed E-state index contributed by atoms with van der Waals surface area (Å²) in [5, 5.41) is 1.54. The zero-order valence-electron chi connectivity index (χ0n) is 7.85. The third-order valence-corrected chi connectivity index (χ3v) is 4.34. The van der Waals surface area contributed by atoms with Gasteiger partial charge >= 0.3 is 0 Å². The van der Waals surface area contributed by atoms with Crippen LogP contribution in [0.5, 0.6) is 0 Å². The van der Waals surface area contributed by atoms with E-state index in [9.17, 15) is 8.42 Å². The van der Waals surface area contributed by atoms with E-state index in [1.165, 1.54) is 0 Å². The predicted molar refractivity (Wildman–Crippen MR) is 61.9 cm³/mol. The minimum absolute atomic E-state index is 0.274. The Labute approximate surface area is 93.4 Å². The topological polar surface area (TPSA) is 34.1 Å². The van der Waals surface area contributed by atoms with E-state index >= 15 is 0 Å². The first-order valence-corrected chi connectivity index (χ1v) is 6.60. The lowest BCUT2D eigenvalue weighted by Gasteiger charge is -2.02. The number of hydrogen-bond donors (Lipinski definition) is 0. The van der Waals surface area contributed by atoms with Crippen LogP contribution in [0.4, 0.5) is 0 Å². The first-order chi connectivity index (χ1) is 7.13. The van der Waals surface area contributed by atoms with E-state index in [0.29, 0.717) is 0 Å². The van der Waals surface area contributed by atoms with Crippen molar-refractivity contribution < 1.29 is 8.42 Å². The Morgan fingerprint density at radius 3 is 2.33 bits per heavy atom. The zero-order chi connectivity index (χ0) is 10.9. The molecule has 0 aliphatic heterocycles. The van der Waals surface area contributed by atoms with Crippen molar-refractivity contribution in [2.24, 2.45) is 0 Å². The Hall–Kier alpha value is -1.06. The quantitative estimate of drug-likeness (QED) is 0.757. The van der Waals surface area contributed by atoms with Crippen LogP contribution in [0.1, 0.15) is 0 Å². The number of rotatable bonds is 2. The van der Waals surface area contributed by atoms with Crippen LogP contribution in [0.25, 0.3) is 10.8 Å². The zero-order valence-corrected chi connectivity index (χ0v) is 9.42. The van der Waals surface area contributed by atoms with Gasteiger partial charge in [0, 0.05) is 0 Å². The van der Waals surface area contributed by atoms with Crippen molar-refractivity contribution in [2.45, 2.75) is 4.90 Å². The highest BCUT2D eigenvalue weighted by molar-refractivity contribution is 7.92. The summed E-state index contributed by atoms with van der Waals surface area (Å²) in [5.41, 5.74) is 0. The van der Waals surface area contributed by atoms with E-state index in [2.05, 4.69) is 0 Å². The number of hydrogen-bond acceptors (Lipinski definition) is 2. The molecule has 2 aromatic carbocycles. The number of sulfone groups is 1. The van der Waals surface area contributed by atoms with Crippen LogP contribution in [-0.2, 0) is 9.84 Å². The molecule has 0 radical (unpaired) electrons. The van der Waals surface area contributed by atoms with Gasteiger partial charge in [0.05, 0.1) is 4.90 Å². The summed E-state index contributed by atoms with van der Waals surface area (Å²) in [5.74, 6) is 0. The first kappa shape index (κ1) is 10.5. The molecule has 0 fully saturated rings. The third-order valence-electron chi connectivity index (χ3n) is 2.22. The fourth-order valence-electron chi connectivity index (χ4n) is 1.42. The molecule has 0 aliphatic rings. The second kappa shape index (κ2) is 3.83. The van der Waals surface area contributed by atoms with Gasteiger partial charge in [0.15, 0.2) is 9.84 Å². The van der Waals surface area contributed by atoms with Crippen LogP contribution in [0.15, 0.2) is 47.4 Å². The van der Waals surface area contributed by atoms with Crippen LogP contribution >= 0.6 is 11.6 Å².